The van der Waals surface area contributed by atoms with Crippen LogP contribution in [0.2, 0.25) is 0 Å². The van der Waals surface area contributed by atoms with Crippen LogP contribution in [0.3, 0.4) is 0 Å². The third kappa shape index (κ3) is 3.83. The predicted octanol–water partition coefficient (Wildman–Crippen LogP) is 4.97. The highest BCUT2D eigenvalue weighted by atomic mass is 19.4. The first-order valence-corrected chi connectivity index (χ1v) is 7.08. The van der Waals surface area contributed by atoms with Crippen molar-refractivity contribution in [1.29, 1.82) is 0 Å². The largest absolute Gasteiger partial charge is 0.453 e. The Kier molecular flexibility index (Phi) is 5.94. The lowest BCUT2D eigenvalue weighted by atomic mass is 10.0. The first-order valence-electron chi connectivity index (χ1n) is 7.08. The second-order valence-electron chi connectivity index (χ2n) is 5.21. The summed E-state index contributed by atoms with van der Waals surface area (Å²) in [6.45, 7) is 3.57. The molecule has 0 radical (unpaired) electrons. The molecule has 0 amide bonds. The summed E-state index contributed by atoms with van der Waals surface area (Å²) in [6.07, 6.45) is -11.0. The molecule has 0 aliphatic carbocycles. The average Bonchev–Trinajstić information content (AvgIpc) is 2.69. The van der Waals surface area contributed by atoms with Crippen molar-refractivity contribution in [2.75, 3.05) is 0 Å². The molecule has 1 fully saturated rings. The minimum absolute atomic E-state index is 0.102. The summed E-state index contributed by atoms with van der Waals surface area (Å²) in [5.41, 5.74) is 0. The van der Waals surface area contributed by atoms with Gasteiger partial charge in [0.15, 0.2) is 0 Å². The molecule has 1 aliphatic rings. The maximum Gasteiger partial charge on any atom is 0.453 e. The van der Waals surface area contributed by atoms with Gasteiger partial charge in [0.05, 0.1) is 12.2 Å². The molecule has 0 N–H and O–H groups in total. The third-order valence-electron chi connectivity index (χ3n) is 3.46. The fourth-order valence-electron chi connectivity index (χ4n) is 2.40. The van der Waals surface area contributed by atoms with Gasteiger partial charge >= 0.3 is 18.1 Å². The van der Waals surface area contributed by atoms with Crippen LogP contribution in [-0.2, 0) is 9.47 Å². The first-order chi connectivity index (χ1) is 9.59. The van der Waals surface area contributed by atoms with E-state index in [4.69, 9.17) is 0 Å². The quantitative estimate of drug-likeness (QED) is 0.508. The normalized spacial score (nSPS) is 26.3. The molecule has 2 nitrogen and oxygen atoms in total. The molecule has 0 aromatic rings. The van der Waals surface area contributed by atoms with Crippen molar-refractivity contribution in [2.24, 2.45) is 0 Å². The highest BCUT2D eigenvalue weighted by Gasteiger charge is 2.78. The Morgan fingerprint density at radius 2 is 1.24 bits per heavy atom. The molecular formula is C13H20F6O2. The predicted molar refractivity (Wildman–Crippen MR) is 63.6 cm³/mol. The molecule has 0 aromatic carbocycles. The van der Waals surface area contributed by atoms with E-state index in [-0.39, 0.29) is 12.8 Å². The monoisotopic (exact) mass is 322 g/mol. The number of rotatable bonds is 6. The van der Waals surface area contributed by atoms with Crippen molar-refractivity contribution in [3.8, 4) is 0 Å². The lowest BCUT2D eigenvalue weighted by Gasteiger charge is -2.31. The van der Waals surface area contributed by atoms with E-state index in [1.807, 2.05) is 6.92 Å². The summed E-state index contributed by atoms with van der Waals surface area (Å²) in [7, 11) is 0. The number of ether oxygens (including phenoxy) is 2. The molecule has 1 aliphatic heterocycles. The van der Waals surface area contributed by atoms with E-state index >= 15 is 0 Å². The summed E-state index contributed by atoms with van der Waals surface area (Å²) in [6, 6.07) is 0. The van der Waals surface area contributed by atoms with Crippen LogP contribution in [0.4, 0.5) is 26.3 Å². The fraction of sp³-hybridized carbons (Fsp3) is 1.00. The van der Waals surface area contributed by atoms with Gasteiger partial charge in [0.2, 0.25) is 0 Å². The zero-order valence-electron chi connectivity index (χ0n) is 12.0. The van der Waals surface area contributed by atoms with Gasteiger partial charge in [0, 0.05) is 0 Å². The number of hydrogen-bond acceptors (Lipinski definition) is 2. The van der Waals surface area contributed by atoms with Crippen LogP contribution in [0.1, 0.15) is 52.4 Å². The minimum Gasteiger partial charge on any atom is -0.329 e. The Bertz CT molecular complexity index is 312. The van der Waals surface area contributed by atoms with Crippen molar-refractivity contribution in [1.82, 2.24) is 0 Å². The van der Waals surface area contributed by atoms with Crippen LogP contribution in [0.15, 0.2) is 0 Å². The van der Waals surface area contributed by atoms with Gasteiger partial charge in [-0.15, -0.1) is 0 Å². The minimum atomic E-state index is -5.66. The topological polar surface area (TPSA) is 18.5 Å². The van der Waals surface area contributed by atoms with E-state index in [2.05, 4.69) is 9.47 Å². The SMILES string of the molecule is CCCCC[C@H]1OC(C(F)(F)F)(C(F)(F)F)O[C@@H]1CCC. The molecule has 2 atom stereocenters. The molecule has 0 bridgehead atoms. The fourth-order valence-corrected chi connectivity index (χ4v) is 2.40. The highest BCUT2D eigenvalue weighted by molar-refractivity contribution is 4.96. The third-order valence-corrected chi connectivity index (χ3v) is 3.46. The molecule has 126 valence electrons. The molecule has 0 aromatic heterocycles. The Hall–Kier alpha value is -0.500. The first kappa shape index (κ1) is 18.5. The Balaban J connectivity index is 2.97. The zero-order chi connectivity index (χ0) is 16.3. The van der Waals surface area contributed by atoms with Crippen molar-refractivity contribution < 1.29 is 35.8 Å². The van der Waals surface area contributed by atoms with Gasteiger partial charge in [-0.1, -0.05) is 39.5 Å². The van der Waals surface area contributed by atoms with Crippen molar-refractivity contribution in [3.63, 3.8) is 0 Å². The van der Waals surface area contributed by atoms with E-state index < -0.39 is 30.3 Å². The van der Waals surface area contributed by atoms with Gasteiger partial charge < -0.3 is 9.47 Å². The number of unbranched alkanes of at least 4 members (excludes halogenated alkanes) is 2. The lowest BCUT2D eigenvalue weighted by Crippen LogP contribution is -2.58. The lowest BCUT2D eigenvalue weighted by molar-refractivity contribution is -0.446. The number of alkyl halides is 6. The van der Waals surface area contributed by atoms with E-state index in [1.54, 1.807) is 6.92 Å². The molecule has 1 saturated heterocycles. The van der Waals surface area contributed by atoms with Crippen LogP contribution in [-0.4, -0.2) is 30.3 Å². The zero-order valence-corrected chi connectivity index (χ0v) is 12.0. The summed E-state index contributed by atoms with van der Waals surface area (Å²) < 4.78 is 86.3. The maximum atomic E-state index is 12.9. The van der Waals surface area contributed by atoms with Crippen LogP contribution in [0.25, 0.3) is 0 Å². The van der Waals surface area contributed by atoms with E-state index in [9.17, 15) is 26.3 Å². The summed E-state index contributed by atoms with van der Waals surface area (Å²) in [5, 5.41) is 0. The van der Waals surface area contributed by atoms with E-state index in [1.165, 1.54) is 0 Å². The summed E-state index contributed by atoms with van der Waals surface area (Å²) >= 11 is 0. The summed E-state index contributed by atoms with van der Waals surface area (Å²) in [5.74, 6) is -4.49. The second kappa shape index (κ2) is 6.73. The van der Waals surface area contributed by atoms with Crippen molar-refractivity contribution in [3.05, 3.63) is 0 Å². The molecule has 8 heteroatoms. The van der Waals surface area contributed by atoms with Gasteiger partial charge in [-0.05, 0) is 12.8 Å². The van der Waals surface area contributed by atoms with Gasteiger partial charge in [0.25, 0.3) is 0 Å². The molecule has 1 rings (SSSR count). The van der Waals surface area contributed by atoms with Crippen LogP contribution < -0.4 is 0 Å². The second-order valence-corrected chi connectivity index (χ2v) is 5.21. The van der Waals surface area contributed by atoms with E-state index in [0.29, 0.717) is 12.8 Å². The Morgan fingerprint density at radius 3 is 1.62 bits per heavy atom. The van der Waals surface area contributed by atoms with Crippen LogP contribution in [0, 0.1) is 0 Å². The molecule has 21 heavy (non-hydrogen) atoms. The van der Waals surface area contributed by atoms with Crippen molar-refractivity contribution >= 4 is 0 Å². The van der Waals surface area contributed by atoms with Crippen LogP contribution in [0.5, 0.6) is 0 Å². The number of halogens is 6. The smallest absolute Gasteiger partial charge is 0.329 e. The molecule has 1 heterocycles. The van der Waals surface area contributed by atoms with Gasteiger partial charge in [-0.25, -0.2) is 0 Å². The maximum absolute atomic E-state index is 12.9. The summed E-state index contributed by atoms with van der Waals surface area (Å²) in [4.78, 5) is 0. The van der Waals surface area contributed by atoms with Crippen LogP contribution >= 0.6 is 0 Å². The molecule has 0 saturated carbocycles. The van der Waals surface area contributed by atoms with Gasteiger partial charge in [0.1, 0.15) is 0 Å². The van der Waals surface area contributed by atoms with Gasteiger partial charge in [-0.3, -0.25) is 0 Å². The molecule has 0 unspecified atom stereocenters. The highest BCUT2D eigenvalue weighted by Crippen LogP contribution is 2.52. The molecule has 0 spiro atoms. The Labute approximate surface area is 119 Å². The average molecular weight is 322 g/mol. The van der Waals surface area contributed by atoms with E-state index in [0.717, 1.165) is 12.8 Å². The molecular weight excluding hydrogens is 302 g/mol. The Morgan fingerprint density at radius 1 is 0.762 bits per heavy atom. The number of hydrogen-bond donors (Lipinski definition) is 0. The van der Waals surface area contributed by atoms with Crippen molar-refractivity contribution in [2.45, 2.75) is 82.7 Å². The standard InChI is InChI=1S/C13H20F6O2/c1-3-5-6-8-10-9(7-4-2)20-11(21-10,12(14,15)16)13(17,18)19/h9-10H,3-8H2,1-2H3/t9-,10-/m1/s1. The van der Waals surface area contributed by atoms with Gasteiger partial charge in [-0.2, -0.15) is 26.3 Å².